The normalized spacial score (nSPS) is 31.6. The van der Waals surface area contributed by atoms with Crippen LogP contribution in [0, 0.1) is 23.7 Å². The predicted octanol–water partition coefficient (Wildman–Crippen LogP) is 7.88. The number of unbranched alkanes of at least 4 members (excludes halogenated alkanes) is 1. The van der Waals surface area contributed by atoms with Crippen molar-refractivity contribution >= 4 is 0 Å². The smallest absolute Gasteiger partial charge is 0.0928 e. The molecule has 0 nitrogen and oxygen atoms in total. The molecule has 0 atom stereocenters. The van der Waals surface area contributed by atoms with Gasteiger partial charge in [-0.2, -0.15) is 0 Å². The summed E-state index contributed by atoms with van der Waals surface area (Å²) in [6.45, 7) is 2.16. The van der Waals surface area contributed by atoms with Crippen LogP contribution in [-0.2, 0) is 0 Å². The number of allylic oxidation sites excluding steroid dienone is 2. The molecule has 2 fully saturated rings. The largest absolute Gasteiger partial charge is 0.251 e. The number of alkyl halides is 1. The predicted molar refractivity (Wildman–Crippen MR) is 104 cm³/mol. The molecule has 0 bridgehead atoms. The minimum atomic E-state index is -0.208. The lowest BCUT2D eigenvalue weighted by Crippen LogP contribution is -2.18. The first kappa shape index (κ1) is 20.0. The van der Waals surface area contributed by atoms with Gasteiger partial charge in [-0.1, -0.05) is 96.1 Å². The first-order chi connectivity index (χ1) is 11.8. The first-order valence-electron chi connectivity index (χ1n) is 11.0. The molecule has 1 heteroatoms. The quantitative estimate of drug-likeness (QED) is 0.281. The molecule has 0 unspecified atom stereocenters. The molecule has 2 aliphatic rings. The third-order valence-electron chi connectivity index (χ3n) is 6.92. The van der Waals surface area contributed by atoms with Gasteiger partial charge in [-0.05, 0) is 42.9 Å². The van der Waals surface area contributed by atoms with Gasteiger partial charge < -0.3 is 0 Å². The second kappa shape index (κ2) is 12.1. The molecule has 0 aliphatic heterocycles. The standard InChI is InChI=1S/C23H41F/c1-2-20-9-11-22(12-10-20)17-18-23-15-13-21(14-16-23)8-6-4-3-5-7-19-24/h3,5,20-23H,2,4,6-19H2,1H3/b5-3+. The molecule has 0 saturated heterocycles. The molecule has 0 N–H and O–H groups in total. The van der Waals surface area contributed by atoms with E-state index in [1.165, 1.54) is 83.5 Å². The Hall–Kier alpha value is -0.330. The van der Waals surface area contributed by atoms with Crippen molar-refractivity contribution in [3.8, 4) is 0 Å². The molecule has 0 amide bonds. The molecule has 24 heavy (non-hydrogen) atoms. The molecule has 0 spiro atoms. The van der Waals surface area contributed by atoms with Gasteiger partial charge >= 0.3 is 0 Å². The molecular formula is C23H41F. The van der Waals surface area contributed by atoms with Crippen LogP contribution < -0.4 is 0 Å². The highest BCUT2D eigenvalue weighted by Gasteiger charge is 2.24. The molecule has 140 valence electrons. The van der Waals surface area contributed by atoms with Crippen LogP contribution in [0.4, 0.5) is 4.39 Å². The minimum absolute atomic E-state index is 0.208. The molecule has 0 aromatic carbocycles. The van der Waals surface area contributed by atoms with Crippen LogP contribution in [0.1, 0.15) is 103 Å². The molecule has 0 aromatic rings. The monoisotopic (exact) mass is 336 g/mol. The highest BCUT2D eigenvalue weighted by atomic mass is 19.1. The minimum Gasteiger partial charge on any atom is -0.251 e. The van der Waals surface area contributed by atoms with Gasteiger partial charge in [0.05, 0.1) is 6.67 Å². The Morgan fingerprint density at radius 1 is 0.667 bits per heavy atom. The number of halogens is 1. The van der Waals surface area contributed by atoms with Gasteiger partial charge in [0, 0.05) is 0 Å². The van der Waals surface area contributed by atoms with Gasteiger partial charge in [0.2, 0.25) is 0 Å². The zero-order chi connectivity index (χ0) is 17.0. The molecule has 2 aliphatic carbocycles. The average Bonchev–Trinajstić information content (AvgIpc) is 2.64. The van der Waals surface area contributed by atoms with E-state index in [-0.39, 0.29) is 6.67 Å². The lowest BCUT2D eigenvalue weighted by atomic mass is 9.74. The van der Waals surface area contributed by atoms with Crippen molar-refractivity contribution in [1.29, 1.82) is 0 Å². The molecule has 0 radical (unpaired) electrons. The van der Waals surface area contributed by atoms with E-state index in [0.717, 1.165) is 30.1 Å². The summed E-state index contributed by atoms with van der Waals surface area (Å²) in [7, 11) is 0. The first-order valence-corrected chi connectivity index (χ1v) is 11.0. The van der Waals surface area contributed by atoms with Crippen molar-refractivity contribution in [2.75, 3.05) is 6.67 Å². The van der Waals surface area contributed by atoms with E-state index in [2.05, 4.69) is 13.0 Å². The summed E-state index contributed by atoms with van der Waals surface area (Å²) in [6.07, 6.45) is 25.1. The molecule has 2 rings (SSSR count). The zero-order valence-electron chi connectivity index (χ0n) is 16.2. The Balaban J connectivity index is 1.49. The van der Waals surface area contributed by atoms with E-state index in [1.807, 2.05) is 6.08 Å². The SMILES string of the molecule is CCC1CCC(CCC2CCC(CCC/C=C/CCF)CC2)CC1. The summed E-state index contributed by atoms with van der Waals surface area (Å²) in [4.78, 5) is 0. The second-order valence-corrected chi connectivity index (χ2v) is 8.64. The number of hydrogen-bond donors (Lipinski definition) is 0. The van der Waals surface area contributed by atoms with Gasteiger partial charge in [0.25, 0.3) is 0 Å². The number of rotatable bonds is 10. The van der Waals surface area contributed by atoms with E-state index in [1.54, 1.807) is 0 Å². The van der Waals surface area contributed by atoms with Gasteiger partial charge in [0.15, 0.2) is 0 Å². The van der Waals surface area contributed by atoms with Gasteiger partial charge in [-0.3, -0.25) is 4.39 Å². The lowest BCUT2D eigenvalue weighted by molar-refractivity contribution is 0.211. The fourth-order valence-corrected chi connectivity index (χ4v) is 5.03. The average molecular weight is 337 g/mol. The maximum absolute atomic E-state index is 12.0. The summed E-state index contributed by atoms with van der Waals surface area (Å²) in [6, 6.07) is 0. The van der Waals surface area contributed by atoms with Crippen molar-refractivity contribution in [1.82, 2.24) is 0 Å². The van der Waals surface area contributed by atoms with E-state index in [4.69, 9.17) is 0 Å². The van der Waals surface area contributed by atoms with Crippen LogP contribution in [0.5, 0.6) is 0 Å². The highest BCUT2D eigenvalue weighted by molar-refractivity contribution is 4.82. The number of hydrogen-bond acceptors (Lipinski definition) is 0. The summed E-state index contributed by atoms with van der Waals surface area (Å²) in [5, 5.41) is 0. The Morgan fingerprint density at radius 2 is 1.12 bits per heavy atom. The summed E-state index contributed by atoms with van der Waals surface area (Å²) >= 11 is 0. The van der Waals surface area contributed by atoms with Crippen molar-refractivity contribution < 1.29 is 4.39 Å². The van der Waals surface area contributed by atoms with Crippen molar-refractivity contribution in [3.05, 3.63) is 12.2 Å². The van der Waals surface area contributed by atoms with Gasteiger partial charge in [-0.15, -0.1) is 0 Å². The molecule has 2 saturated carbocycles. The second-order valence-electron chi connectivity index (χ2n) is 8.64. The van der Waals surface area contributed by atoms with Crippen LogP contribution >= 0.6 is 0 Å². The lowest BCUT2D eigenvalue weighted by Gasteiger charge is -2.31. The Bertz CT molecular complexity index is 319. The summed E-state index contributed by atoms with van der Waals surface area (Å²) in [5.41, 5.74) is 0. The maximum Gasteiger partial charge on any atom is 0.0928 e. The van der Waals surface area contributed by atoms with Crippen LogP contribution in [0.25, 0.3) is 0 Å². The van der Waals surface area contributed by atoms with E-state index in [0.29, 0.717) is 6.42 Å². The van der Waals surface area contributed by atoms with Gasteiger partial charge in [0.1, 0.15) is 0 Å². The molecule has 0 aromatic heterocycles. The van der Waals surface area contributed by atoms with Crippen molar-refractivity contribution in [3.63, 3.8) is 0 Å². The summed E-state index contributed by atoms with van der Waals surface area (Å²) < 4.78 is 12.0. The van der Waals surface area contributed by atoms with E-state index < -0.39 is 0 Å². The van der Waals surface area contributed by atoms with Crippen LogP contribution in [-0.4, -0.2) is 6.67 Å². The fourth-order valence-electron chi connectivity index (χ4n) is 5.03. The van der Waals surface area contributed by atoms with Crippen LogP contribution in [0.3, 0.4) is 0 Å². The third kappa shape index (κ3) is 7.70. The Labute approximate surface area is 150 Å². The Kier molecular flexibility index (Phi) is 10.1. The van der Waals surface area contributed by atoms with Crippen molar-refractivity contribution in [2.45, 2.75) is 103 Å². The topological polar surface area (TPSA) is 0 Å². The van der Waals surface area contributed by atoms with Crippen molar-refractivity contribution in [2.24, 2.45) is 23.7 Å². The fraction of sp³-hybridized carbons (Fsp3) is 0.913. The maximum atomic E-state index is 12.0. The molecular weight excluding hydrogens is 295 g/mol. The summed E-state index contributed by atoms with van der Waals surface area (Å²) in [5.74, 6) is 4.12. The molecule has 0 heterocycles. The van der Waals surface area contributed by atoms with Crippen LogP contribution in [0.15, 0.2) is 12.2 Å². The zero-order valence-corrected chi connectivity index (χ0v) is 16.2. The van der Waals surface area contributed by atoms with Crippen LogP contribution in [0.2, 0.25) is 0 Å². The van der Waals surface area contributed by atoms with E-state index in [9.17, 15) is 4.39 Å². The Morgan fingerprint density at radius 3 is 1.62 bits per heavy atom. The van der Waals surface area contributed by atoms with E-state index >= 15 is 0 Å². The highest BCUT2D eigenvalue weighted by Crippen LogP contribution is 2.38. The van der Waals surface area contributed by atoms with Gasteiger partial charge in [-0.25, -0.2) is 0 Å². The third-order valence-corrected chi connectivity index (χ3v) is 6.92.